The lowest BCUT2D eigenvalue weighted by Gasteiger charge is -2.18. The summed E-state index contributed by atoms with van der Waals surface area (Å²) in [5, 5.41) is 5.64. The summed E-state index contributed by atoms with van der Waals surface area (Å²) in [5.74, 6) is 1.53. The van der Waals surface area contributed by atoms with E-state index in [0.717, 1.165) is 23.4 Å². The fraction of sp³-hybridized carbons (Fsp3) is 0.562. The van der Waals surface area contributed by atoms with Crippen LogP contribution in [0.2, 0.25) is 0 Å². The van der Waals surface area contributed by atoms with E-state index in [4.69, 9.17) is 0 Å². The number of nitrogens with one attached hydrogen (secondary N) is 2. The number of hydrogen-bond donors (Lipinski definition) is 2. The highest BCUT2D eigenvalue weighted by Gasteiger charge is 2.19. The molecule has 0 aliphatic heterocycles. The van der Waals surface area contributed by atoms with Gasteiger partial charge in [-0.15, -0.1) is 0 Å². The second-order valence-electron chi connectivity index (χ2n) is 6.03. The number of amides is 2. The van der Waals surface area contributed by atoms with Crippen LogP contribution in [0.25, 0.3) is 0 Å². The van der Waals surface area contributed by atoms with E-state index in [9.17, 15) is 9.00 Å². The molecule has 1 atom stereocenters. The summed E-state index contributed by atoms with van der Waals surface area (Å²) in [4.78, 5) is 11.8. The Bertz CT molecular complexity index is 513. The summed E-state index contributed by atoms with van der Waals surface area (Å²) >= 11 is 1.77. The third kappa shape index (κ3) is 7.31. The minimum atomic E-state index is -0.947. The fourth-order valence-electron chi connectivity index (χ4n) is 1.70. The number of thioether (sulfide) groups is 1. The van der Waals surface area contributed by atoms with Crippen molar-refractivity contribution in [3.8, 4) is 0 Å². The maximum atomic E-state index is 12.2. The molecule has 0 bridgehead atoms. The Morgan fingerprint density at radius 2 is 2.05 bits per heavy atom. The Balaban J connectivity index is 2.53. The maximum absolute atomic E-state index is 12.2. The number of anilines is 1. The van der Waals surface area contributed by atoms with Gasteiger partial charge in [0, 0.05) is 33.5 Å². The van der Waals surface area contributed by atoms with Crippen molar-refractivity contribution in [3.63, 3.8) is 0 Å². The van der Waals surface area contributed by atoms with Gasteiger partial charge in [0.25, 0.3) is 0 Å². The van der Waals surface area contributed by atoms with Gasteiger partial charge >= 0.3 is 6.03 Å². The largest absolute Gasteiger partial charge is 0.338 e. The first-order valence-corrected chi connectivity index (χ1v) is 10.1. The Morgan fingerprint density at radius 3 is 2.68 bits per heavy atom. The van der Waals surface area contributed by atoms with Crippen LogP contribution in [0.5, 0.6) is 0 Å². The van der Waals surface area contributed by atoms with Gasteiger partial charge in [0.15, 0.2) is 0 Å². The zero-order valence-corrected chi connectivity index (χ0v) is 15.4. The number of benzene rings is 1. The highest BCUT2D eigenvalue weighted by Crippen LogP contribution is 2.18. The molecular weight excluding hydrogens is 316 g/mol. The van der Waals surface area contributed by atoms with Gasteiger partial charge in [-0.1, -0.05) is 12.1 Å². The number of hydrogen-bond acceptors (Lipinski definition) is 3. The lowest BCUT2D eigenvalue weighted by molar-refractivity contribution is 0.252. The first-order chi connectivity index (χ1) is 10.3. The summed E-state index contributed by atoms with van der Waals surface area (Å²) in [5.41, 5.74) is 1.69. The molecule has 2 N–H and O–H groups in total. The molecular formula is C16H26N2O2S2. The average Bonchev–Trinajstić information content (AvgIpc) is 2.43. The Morgan fingerprint density at radius 1 is 1.32 bits per heavy atom. The summed E-state index contributed by atoms with van der Waals surface area (Å²) in [6.07, 6.45) is 3.01. The molecule has 4 nitrogen and oxygen atoms in total. The standard InChI is InChI=1S/C16H26N2O2S2/c1-16(2,3)22(20)12-13-7-5-8-14(11-13)18-15(19)17-9-6-10-21-4/h5,7-8,11H,6,9-10,12H2,1-4H3,(H2,17,18,19)/t22-/m0/s1. The molecule has 1 rings (SSSR count). The van der Waals surface area contributed by atoms with E-state index < -0.39 is 10.8 Å². The lowest BCUT2D eigenvalue weighted by Crippen LogP contribution is -2.29. The summed E-state index contributed by atoms with van der Waals surface area (Å²) in [7, 11) is -0.947. The number of carbonyl (C=O) groups excluding carboxylic acids is 1. The summed E-state index contributed by atoms with van der Waals surface area (Å²) in [6.45, 7) is 6.56. The molecule has 0 aliphatic rings. The van der Waals surface area contributed by atoms with Crippen LogP contribution < -0.4 is 10.6 Å². The zero-order chi connectivity index (χ0) is 16.6. The number of urea groups is 1. The second-order valence-corrected chi connectivity index (χ2v) is 9.22. The normalized spacial score (nSPS) is 12.7. The first-order valence-electron chi connectivity index (χ1n) is 7.34. The van der Waals surface area contributed by atoms with E-state index in [1.54, 1.807) is 11.8 Å². The van der Waals surface area contributed by atoms with Crippen LogP contribution in [-0.4, -0.2) is 33.5 Å². The predicted molar refractivity (Wildman–Crippen MR) is 98.1 cm³/mol. The van der Waals surface area contributed by atoms with E-state index in [-0.39, 0.29) is 10.8 Å². The molecule has 0 radical (unpaired) electrons. The highest BCUT2D eigenvalue weighted by atomic mass is 32.2. The van der Waals surface area contributed by atoms with Gasteiger partial charge in [-0.2, -0.15) is 11.8 Å². The minimum absolute atomic E-state index is 0.199. The highest BCUT2D eigenvalue weighted by molar-refractivity contribution is 7.98. The quantitative estimate of drug-likeness (QED) is 0.744. The molecule has 0 spiro atoms. The summed E-state index contributed by atoms with van der Waals surface area (Å²) in [6, 6.07) is 7.33. The smallest absolute Gasteiger partial charge is 0.319 e. The Labute approximate surface area is 140 Å². The predicted octanol–water partition coefficient (Wildman–Crippen LogP) is 3.61. The molecule has 0 saturated heterocycles. The molecule has 0 unspecified atom stereocenters. The number of carbonyl (C=O) groups is 1. The van der Waals surface area contributed by atoms with Gasteiger partial charge in [-0.05, 0) is 56.9 Å². The van der Waals surface area contributed by atoms with E-state index in [2.05, 4.69) is 10.6 Å². The van der Waals surface area contributed by atoms with Crippen LogP contribution in [0.1, 0.15) is 32.8 Å². The Hall–Kier alpha value is -1.01. The molecule has 0 heterocycles. The van der Waals surface area contributed by atoms with Gasteiger partial charge in [-0.3, -0.25) is 4.21 Å². The van der Waals surface area contributed by atoms with Gasteiger partial charge in [0.1, 0.15) is 0 Å². The van der Waals surface area contributed by atoms with E-state index >= 15 is 0 Å². The monoisotopic (exact) mass is 342 g/mol. The van der Waals surface area contributed by atoms with Crippen LogP contribution in [-0.2, 0) is 16.6 Å². The molecule has 0 aromatic heterocycles. The van der Waals surface area contributed by atoms with E-state index in [0.29, 0.717) is 12.3 Å². The van der Waals surface area contributed by atoms with Crippen molar-refractivity contribution in [1.29, 1.82) is 0 Å². The zero-order valence-electron chi connectivity index (χ0n) is 13.8. The molecule has 1 aromatic rings. The van der Waals surface area contributed by atoms with Crippen molar-refractivity contribution >= 4 is 34.3 Å². The molecule has 6 heteroatoms. The van der Waals surface area contributed by atoms with Gasteiger partial charge in [0.05, 0.1) is 0 Å². The average molecular weight is 343 g/mol. The van der Waals surface area contributed by atoms with Gasteiger partial charge in [0.2, 0.25) is 0 Å². The third-order valence-corrected chi connectivity index (χ3v) is 5.63. The molecule has 2 amide bonds. The maximum Gasteiger partial charge on any atom is 0.319 e. The Kier molecular flexibility index (Phi) is 7.96. The molecule has 1 aromatic carbocycles. The molecule has 22 heavy (non-hydrogen) atoms. The van der Waals surface area contributed by atoms with Gasteiger partial charge < -0.3 is 10.6 Å². The van der Waals surface area contributed by atoms with E-state index in [1.165, 1.54) is 0 Å². The van der Waals surface area contributed by atoms with Crippen LogP contribution in [0.15, 0.2) is 24.3 Å². The lowest BCUT2D eigenvalue weighted by atomic mass is 10.2. The first kappa shape index (κ1) is 19.0. The molecule has 124 valence electrons. The van der Waals surface area contributed by atoms with E-state index in [1.807, 2.05) is 51.3 Å². The van der Waals surface area contributed by atoms with Crippen molar-refractivity contribution in [2.45, 2.75) is 37.7 Å². The third-order valence-electron chi connectivity index (χ3n) is 2.98. The van der Waals surface area contributed by atoms with Crippen LogP contribution in [0.4, 0.5) is 10.5 Å². The van der Waals surface area contributed by atoms with Crippen LogP contribution in [0, 0.1) is 0 Å². The molecule has 0 saturated carbocycles. The number of rotatable bonds is 7. The van der Waals surface area contributed by atoms with Gasteiger partial charge in [-0.25, -0.2) is 4.79 Å². The van der Waals surface area contributed by atoms with Crippen LogP contribution >= 0.6 is 11.8 Å². The second kappa shape index (κ2) is 9.20. The van der Waals surface area contributed by atoms with Crippen molar-refractivity contribution in [3.05, 3.63) is 29.8 Å². The molecule has 0 aliphatic carbocycles. The van der Waals surface area contributed by atoms with Crippen molar-refractivity contribution < 1.29 is 9.00 Å². The summed E-state index contributed by atoms with van der Waals surface area (Å²) < 4.78 is 11.9. The topological polar surface area (TPSA) is 58.2 Å². The minimum Gasteiger partial charge on any atom is -0.338 e. The molecule has 0 fully saturated rings. The van der Waals surface area contributed by atoms with Crippen molar-refractivity contribution in [2.24, 2.45) is 0 Å². The SMILES string of the molecule is CSCCCNC(=O)Nc1cccc(C[S@](=O)C(C)(C)C)c1. The van der Waals surface area contributed by atoms with Crippen LogP contribution in [0.3, 0.4) is 0 Å². The fourth-order valence-corrected chi connectivity index (χ4v) is 3.05. The van der Waals surface area contributed by atoms with Crippen molar-refractivity contribution in [2.75, 3.05) is 23.9 Å². The van der Waals surface area contributed by atoms with Crippen molar-refractivity contribution in [1.82, 2.24) is 5.32 Å².